The van der Waals surface area contributed by atoms with Crippen LogP contribution in [-0.2, 0) is 7.05 Å². The van der Waals surface area contributed by atoms with Gasteiger partial charge in [0.05, 0.1) is 0 Å². The summed E-state index contributed by atoms with van der Waals surface area (Å²) < 4.78 is 3.96. The van der Waals surface area contributed by atoms with Gasteiger partial charge in [0.1, 0.15) is 11.5 Å². The Labute approximate surface area is 98.9 Å². The first-order valence-corrected chi connectivity index (χ1v) is 5.41. The lowest BCUT2D eigenvalue weighted by Gasteiger charge is -1.97. The fraction of sp³-hybridized carbons (Fsp3) is 0.0769. The summed E-state index contributed by atoms with van der Waals surface area (Å²) in [4.78, 5) is 8.49. The molecule has 4 heteroatoms. The summed E-state index contributed by atoms with van der Waals surface area (Å²) in [5.41, 5.74) is 2.07. The number of pyridine rings is 1. The Hall–Kier alpha value is -2.36. The third kappa shape index (κ3) is 1.85. The molecule has 3 heterocycles. The van der Waals surface area contributed by atoms with E-state index in [9.17, 15) is 0 Å². The minimum absolute atomic E-state index is 0.938. The second kappa shape index (κ2) is 3.90. The van der Waals surface area contributed by atoms with Crippen LogP contribution in [0.15, 0.2) is 43.1 Å². The van der Waals surface area contributed by atoms with Gasteiger partial charge in [-0.15, -0.1) is 0 Å². The van der Waals surface area contributed by atoms with Crippen LogP contribution in [0, 0.1) is 0 Å². The van der Waals surface area contributed by atoms with Gasteiger partial charge in [-0.05, 0) is 23.8 Å². The molecule has 0 aliphatic carbocycles. The van der Waals surface area contributed by atoms with E-state index in [0.29, 0.717) is 0 Å². The average molecular weight is 224 g/mol. The molecular formula is C13H12N4. The quantitative estimate of drug-likeness (QED) is 0.669. The number of rotatable bonds is 2. The molecule has 0 bridgehead atoms. The molecular weight excluding hydrogens is 212 g/mol. The second-order valence-corrected chi connectivity index (χ2v) is 3.88. The Morgan fingerprint density at radius 2 is 1.94 bits per heavy atom. The Kier molecular flexibility index (Phi) is 2.26. The summed E-state index contributed by atoms with van der Waals surface area (Å²) in [6, 6.07) is 4.09. The Bertz CT molecular complexity index is 675. The zero-order valence-corrected chi connectivity index (χ0v) is 9.49. The topological polar surface area (TPSA) is 35.1 Å². The van der Waals surface area contributed by atoms with Gasteiger partial charge in [0.25, 0.3) is 0 Å². The molecule has 0 atom stereocenters. The molecule has 0 amide bonds. The summed E-state index contributed by atoms with van der Waals surface area (Å²) in [5, 5.41) is 0. The second-order valence-electron chi connectivity index (χ2n) is 3.88. The number of hydrogen-bond acceptors (Lipinski definition) is 2. The molecule has 0 aromatic carbocycles. The normalized spacial score (nSPS) is 11.6. The van der Waals surface area contributed by atoms with Gasteiger partial charge < -0.3 is 8.97 Å². The predicted molar refractivity (Wildman–Crippen MR) is 67.3 cm³/mol. The van der Waals surface area contributed by atoms with Crippen molar-refractivity contribution in [2.75, 3.05) is 0 Å². The fourth-order valence-electron chi connectivity index (χ4n) is 1.74. The van der Waals surface area contributed by atoms with Crippen molar-refractivity contribution in [1.29, 1.82) is 0 Å². The summed E-state index contributed by atoms with van der Waals surface area (Å²) in [7, 11) is 1.98. The molecule has 84 valence electrons. The molecule has 0 spiro atoms. The van der Waals surface area contributed by atoms with Gasteiger partial charge in [-0.2, -0.15) is 0 Å². The lowest BCUT2D eigenvalue weighted by Crippen LogP contribution is -1.89. The van der Waals surface area contributed by atoms with Gasteiger partial charge in [0, 0.05) is 38.0 Å². The Morgan fingerprint density at radius 3 is 2.76 bits per heavy atom. The summed E-state index contributed by atoms with van der Waals surface area (Å²) in [6.45, 7) is 0. The van der Waals surface area contributed by atoms with Crippen LogP contribution < -0.4 is 0 Å². The van der Waals surface area contributed by atoms with Gasteiger partial charge in [-0.1, -0.05) is 6.08 Å². The standard InChI is InChI=1S/C13H12N4/c1-16-8-5-14-12(16)3-2-11-4-7-17-9-6-15-13(17)10-11/h2-10H,1H3/b3-2+. The SMILES string of the molecule is Cn1ccnc1/C=C/c1ccn2ccnc2c1. The van der Waals surface area contributed by atoms with Crippen molar-refractivity contribution < 1.29 is 0 Å². The van der Waals surface area contributed by atoms with Gasteiger partial charge >= 0.3 is 0 Å². The van der Waals surface area contributed by atoms with E-state index in [1.54, 1.807) is 12.4 Å². The molecule has 4 nitrogen and oxygen atoms in total. The largest absolute Gasteiger partial charge is 0.335 e. The summed E-state index contributed by atoms with van der Waals surface area (Å²) in [5.74, 6) is 0.938. The first-order chi connectivity index (χ1) is 8.33. The van der Waals surface area contributed by atoms with Crippen LogP contribution >= 0.6 is 0 Å². The van der Waals surface area contributed by atoms with Crippen LogP contribution in [0.3, 0.4) is 0 Å². The van der Waals surface area contributed by atoms with Gasteiger partial charge in [-0.25, -0.2) is 9.97 Å². The van der Waals surface area contributed by atoms with Crippen LogP contribution in [0.4, 0.5) is 0 Å². The minimum Gasteiger partial charge on any atom is -0.335 e. The van der Waals surface area contributed by atoms with Crippen molar-refractivity contribution in [2.45, 2.75) is 0 Å². The van der Waals surface area contributed by atoms with Crippen molar-refractivity contribution >= 4 is 17.8 Å². The van der Waals surface area contributed by atoms with Crippen LogP contribution in [0.25, 0.3) is 17.8 Å². The highest BCUT2D eigenvalue weighted by molar-refractivity contribution is 5.68. The van der Waals surface area contributed by atoms with Crippen molar-refractivity contribution in [3.63, 3.8) is 0 Å². The zero-order chi connectivity index (χ0) is 11.7. The monoisotopic (exact) mass is 224 g/mol. The van der Waals surface area contributed by atoms with Gasteiger partial charge in [0.2, 0.25) is 0 Å². The number of aryl methyl sites for hydroxylation is 1. The van der Waals surface area contributed by atoms with E-state index in [1.807, 2.05) is 58.9 Å². The fourth-order valence-corrected chi connectivity index (χ4v) is 1.74. The number of aromatic nitrogens is 4. The van der Waals surface area contributed by atoms with Crippen molar-refractivity contribution in [1.82, 2.24) is 18.9 Å². The number of fused-ring (bicyclic) bond motifs is 1. The number of hydrogen-bond donors (Lipinski definition) is 0. The van der Waals surface area contributed by atoms with E-state index >= 15 is 0 Å². The van der Waals surface area contributed by atoms with Gasteiger partial charge in [0.15, 0.2) is 0 Å². The number of nitrogens with zero attached hydrogens (tertiary/aromatic N) is 4. The van der Waals surface area contributed by atoms with E-state index in [0.717, 1.165) is 17.0 Å². The van der Waals surface area contributed by atoms with Crippen LogP contribution in [0.5, 0.6) is 0 Å². The highest BCUT2D eigenvalue weighted by atomic mass is 15.0. The molecule has 0 aliphatic heterocycles. The number of imidazole rings is 2. The first kappa shape index (κ1) is 9.84. The molecule has 0 saturated heterocycles. The maximum atomic E-state index is 4.25. The third-order valence-corrected chi connectivity index (χ3v) is 2.71. The smallest absolute Gasteiger partial charge is 0.137 e. The van der Waals surface area contributed by atoms with Crippen LogP contribution in [0.1, 0.15) is 11.4 Å². The van der Waals surface area contributed by atoms with Crippen LogP contribution in [0.2, 0.25) is 0 Å². The molecule has 3 aromatic rings. The van der Waals surface area contributed by atoms with E-state index in [4.69, 9.17) is 0 Å². The van der Waals surface area contributed by atoms with E-state index in [1.165, 1.54) is 0 Å². The molecule has 0 unspecified atom stereocenters. The Balaban J connectivity index is 1.94. The summed E-state index contributed by atoms with van der Waals surface area (Å²) >= 11 is 0. The molecule has 0 fully saturated rings. The highest BCUT2D eigenvalue weighted by Gasteiger charge is 1.95. The lowest BCUT2D eigenvalue weighted by atomic mass is 10.2. The molecule has 3 rings (SSSR count). The third-order valence-electron chi connectivity index (χ3n) is 2.71. The van der Waals surface area contributed by atoms with Crippen molar-refractivity contribution in [3.05, 3.63) is 54.5 Å². The molecule has 3 aromatic heterocycles. The first-order valence-electron chi connectivity index (χ1n) is 5.41. The van der Waals surface area contributed by atoms with Crippen molar-refractivity contribution in [2.24, 2.45) is 7.05 Å². The molecule has 0 aliphatic rings. The van der Waals surface area contributed by atoms with E-state index in [2.05, 4.69) is 9.97 Å². The average Bonchev–Trinajstić information content (AvgIpc) is 2.94. The lowest BCUT2D eigenvalue weighted by molar-refractivity contribution is 0.898. The maximum Gasteiger partial charge on any atom is 0.137 e. The summed E-state index contributed by atoms with van der Waals surface area (Å²) in [6.07, 6.45) is 13.5. The maximum absolute atomic E-state index is 4.25. The zero-order valence-electron chi connectivity index (χ0n) is 9.49. The molecule has 0 N–H and O–H groups in total. The molecule has 0 saturated carbocycles. The van der Waals surface area contributed by atoms with E-state index in [-0.39, 0.29) is 0 Å². The van der Waals surface area contributed by atoms with Gasteiger partial charge in [-0.3, -0.25) is 0 Å². The minimum atomic E-state index is 0.938. The molecule has 0 radical (unpaired) electrons. The highest BCUT2D eigenvalue weighted by Crippen LogP contribution is 2.09. The predicted octanol–water partition coefficient (Wildman–Crippen LogP) is 2.24. The van der Waals surface area contributed by atoms with Crippen LogP contribution in [-0.4, -0.2) is 18.9 Å². The Morgan fingerprint density at radius 1 is 1.06 bits per heavy atom. The van der Waals surface area contributed by atoms with Crippen molar-refractivity contribution in [3.8, 4) is 0 Å². The van der Waals surface area contributed by atoms with E-state index < -0.39 is 0 Å². The molecule has 17 heavy (non-hydrogen) atoms.